The normalized spacial score (nSPS) is 10.2. The van der Waals surface area contributed by atoms with Crippen molar-refractivity contribution in [3.63, 3.8) is 0 Å². The van der Waals surface area contributed by atoms with Crippen LogP contribution in [0, 0.1) is 11.6 Å². The predicted octanol–water partition coefficient (Wildman–Crippen LogP) is 2.81. The number of methoxy groups -OCH3 is 1. The highest BCUT2D eigenvalue weighted by atomic mass is 19.1. The lowest BCUT2D eigenvalue weighted by Crippen LogP contribution is -2.06. The molecule has 7 heteroatoms. The first-order chi connectivity index (χ1) is 9.51. The van der Waals surface area contributed by atoms with Crippen molar-refractivity contribution < 1.29 is 23.4 Å². The molecule has 2 rings (SSSR count). The number of aromatic nitrogens is 1. The van der Waals surface area contributed by atoms with Crippen LogP contribution in [0.3, 0.4) is 0 Å². The van der Waals surface area contributed by atoms with Crippen LogP contribution in [0.4, 0.5) is 20.3 Å². The Morgan fingerprint density at radius 2 is 2.10 bits per heavy atom. The highest BCUT2D eigenvalue weighted by Gasteiger charge is 2.14. The van der Waals surface area contributed by atoms with Crippen LogP contribution < -0.4 is 10.1 Å². The molecule has 0 unspecified atom stereocenters. The number of carbonyl (C=O) groups is 1. The first kappa shape index (κ1) is 13.7. The number of anilines is 2. The molecule has 0 fully saturated rings. The zero-order chi connectivity index (χ0) is 14.7. The van der Waals surface area contributed by atoms with E-state index in [0.29, 0.717) is 5.69 Å². The fourth-order valence-corrected chi connectivity index (χ4v) is 1.58. The first-order valence-electron chi connectivity index (χ1n) is 5.50. The predicted molar refractivity (Wildman–Crippen MR) is 67.4 cm³/mol. The minimum absolute atomic E-state index is 0.00557. The van der Waals surface area contributed by atoms with E-state index in [1.54, 1.807) is 0 Å². The van der Waals surface area contributed by atoms with Crippen LogP contribution in [0.5, 0.6) is 5.75 Å². The number of benzene rings is 1. The smallest absolute Gasteiger partial charge is 0.339 e. The van der Waals surface area contributed by atoms with Crippen molar-refractivity contribution in [1.29, 1.82) is 0 Å². The van der Waals surface area contributed by atoms with Crippen LogP contribution in [-0.2, 0) is 0 Å². The van der Waals surface area contributed by atoms with Crippen LogP contribution in [0.2, 0.25) is 0 Å². The summed E-state index contributed by atoms with van der Waals surface area (Å²) in [6.07, 6.45) is 0.884. The molecule has 0 radical (unpaired) electrons. The summed E-state index contributed by atoms with van der Waals surface area (Å²) in [7, 11) is 1.31. The Morgan fingerprint density at radius 3 is 2.75 bits per heavy atom. The third-order valence-electron chi connectivity index (χ3n) is 2.50. The summed E-state index contributed by atoms with van der Waals surface area (Å²) in [6, 6.07) is 4.73. The van der Waals surface area contributed by atoms with Crippen LogP contribution in [0.15, 0.2) is 30.5 Å². The lowest BCUT2D eigenvalue weighted by Gasteiger charge is -2.10. The zero-order valence-corrected chi connectivity index (χ0v) is 10.4. The molecule has 104 valence electrons. The highest BCUT2D eigenvalue weighted by Crippen LogP contribution is 2.25. The van der Waals surface area contributed by atoms with Crippen LogP contribution in [-0.4, -0.2) is 23.2 Å². The summed E-state index contributed by atoms with van der Waals surface area (Å²) in [5, 5.41) is 11.7. The van der Waals surface area contributed by atoms with Gasteiger partial charge in [-0.05, 0) is 18.2 Å². The van der Waals surface area contributed by atoms with Crippen LogP contribution in [0.1, 0.15) is 10.4 Å². The molecule has 1 aromatic heterocycles. The van der Waals surface area contributed by atoms with Crippen molar-refractivity contribution in [2.24, 2.45) is 0 Å². The number of pyridine rings is 1. The molecular weight excluding hydrogens is 270 g/mol. The Bertz CT molecular complexity index is 662. The Balaban J connectivity index is 2.37. The summed E-state index contributed by atoms with van der Waals surface area (Å²) in [5.41, 5.74) is 0.0400. The Morgan fingerprint density at radius 1 is 1.35 bits per heavy atom. The molecule has 0 bridgehead atoms. The SMILES string of the molecule is COc1cc(Nc2ncc(F)cc2C(=O)O)ccc1F. The van der Waals surface area contributed by atoms with Gasteiger partial charge < -0.3 is 15.2 Å². The average molecular weight is 280 g/mol. The lowest BCUT2D eigenvalue weighted by atomic mass is 10.2. The summed E-state index contributed by atoms with van der Waals surface area (Å²) >= 11 is 0. The number of nitrogens with one attached hydrogen (secondary N) is 1. The molecule has 0 amide bonds. The number of carboxylic acid groups (broad SMARTS) is 1. The monoisotopic (exact) mass is 280 g/mol. The maximum atomic E-state index is 13.3. The summed E-state index contributed by atoms with van der Waals surface area (Å²) in [6.45, 7) is 0. The van der Waals surface area contributed by atoms with Gasteiger partial charge in [0.25, 0.3) is 0 Å². The number of hydrogen-bond acceptors (Lipinski definition) is 4. The fraction of sp³-hybridized carbons (Fsp3) is 0.0769. The number of aromatic carboxylic acids is 1. The van der Waals surface area contributed by atoms with Gasteiger partial charge in [0.2, 0.25) is 0 Å². The average Bonchev–Trinajstić information content (AvgIpc) is 2.42. The van der Waals surface area contributed by atoms with Crippen molar-refractivity contribution in [3.05, 3.63) is 47.7 Å². The van der Waals surface area contributed by atoms with Crippen molar-refractivity contribution in [2.75, 3.05) is 12.4 Å². The van der Waals surface area contributed by atoms with E-state index < -0.39 is 17.6 Å². The standard InChI is InChI=1S/C13H10F2N2O3/c1-20-11-5-8(2-3-10(11)15)17-12-9(13(18)19)4-7(14)6-16-12/h2-6H,1H3,(H,16,17)(H,18,19). The zero-order valence-electron chi connectivity index (χ0n) is 10.4. The molecule has 0 aliphatic rings. The van der Waals surface area contributed by atoms with Gasteiger partial charge in [-0.25, -0.2) is 18.6 Å². The van der Waals surface area contributed by atoms with E-state index in [1.165, 1.54) is 19.2 Å². The van der Waals surface area contributed by atoms with E-state index in [-0.39, 0.29) is 17.1 Å². The maximum Gasteiger partial charge on any atom is 0.339 e. The second-order valence-corrected chi connectivity index (χ2v) is 3.83. The number of nitrogens with zero attached hydrogens (tertiary/aromatic N) is 1. The highest BCUT2D eigenvalue weighted by molar-refractivity contribution is 5.93. The second kappa shape index (κ2) is 5.52. The van der Waals surface area contributed by atoms with E-state index in [4.69, 9.17) is 9.84 Å². The van der Waals surface area contributed by atoms with Gasteiger partial charge in [0, 0.05) is 11.8 Å². The topological polar surface area (TPSA) is 71.5 Å². The van der Waals surface area contributed by atoms with Crippen molar-refractivity contribution in [2.45, 2.75) is 0 Å². The van der Waals surface area contributed by atoms with Gasteiger partial charge in [-0.1, -0.05) is 0 Å². The first-order valence-corrected chi connectivity index (χ1v) is 5.50. The number of hydrogen-bond donors (Lipinski definition) is 2. The third-order valence-corrected chi connectivity index (χ3v) is 2.50. The number of carboxylic acids is 1. The Kier molecular flexibility index (Phi) is 3.79. The van der Waals surface area contributed by atoms with Gasteiger partial charge in [0.15, 0.2) is 11.6 Å². The molecule has 0 saturated heterocycles. The molecule has 1 heterocycles. The molecule has 2 aromatic rings. The van der Waals surface area contributed by atoms with Gasteiger partial charge >= 0.3 is 5.97 Å². The number of ether oxygens (including phenoxy) is 1. The minimum atomic E-state index is -1.33. The second-order valence-electron chi connectivity index (χ2n) is 3.83. The van der Waals surface area contributed by atoms with E-state index >= 15 is 0 Å². The molecule has 0 atom stereocenters. The summed E-state index contributed by atoms with van der Waals surface area (Å²) < 4.78 is 31.1. The van der Waals surface area contributed by atoms with Gasteiger partial charge in [0.05, 0.1) is 13.3 Å². The van der Waals surface area contributed by atoms with E-state index in [1.807, 2.05) is 0 Å². The van der Waals surface area contributed by atoms with Crippen molar-refractivity contribution >= 4 is 17.5 Å². The summed E-state index contributed by atoms with van der Waals surface area (Å²) in [5.74, 6) is -2.69. The molecular formula is C13H10F2N2O3. The lowest BCUT2D eigenvalue weighted by molar-refractivity contribution is 0.0697. The molecule has 0 aliphatic carbocycles. The largest absolute Gasteiger partial charge is 0.494 e. The summed E-state index contributed by atoms with van der Waals surface area (Å²) in [4.78, 5) is 14.7. The molecule has 0 spiro atoms. The molecule has 0 aliphatic heterocycles. The van der Waals surface area contributed by atoms with Crippen LogP contribution in [0.25, 0.3) is 0 Å². The molecule has 5 nitrogen and oxygen atoms in total. The third kappa shape index (κ3) is 2.82. The Hall–Kier alpha value is -2.70. The van der Waals surface area contributed by atoms with E-state index in [0.717, 1.165) is 18.3 Å². The van der Waals surface area contributed by atoms with E-state index in [9.17, 15) is 13.6 Å². The minimum Gasteiger partial charge on any atom is -0.494 e. The van der Waals surface area contributed by atoms with Gasteiger partial charge in [-0.3, -0.25) is 0 Å². The van der Waals surface area contributed by atoms with Crippen LogP contribution >= 0.6 is 0 Å². The van der Waals surface area contributed by atoms with Crippen molar-refractivity contribution in [1.82, 2.24) is 4.98 Å². The van der Waals surface area contributed by atoms with Gasteiger partial charge in [0.1, 0.15) is 17.2 Å². The Labute approximate surface area is 112 Å². The van der Waals surface area contributed by atoms with Gasteiger partial charge in [-0.2, -0.15) is 0 Å². The molecule has 20 heavy (non-hydrogen) atoms. The van der Waals surface area contributed by atoms with Gasteiger partial charge in [-0.15, -0.1) is 0 Å². The fourth-order valence-electron chi connectivity index (χ4n) is 1.58. The number of halogens is 2. The number of rotatable bonds is 4. The quantitative estimate of drug-likeness (QED) is 0.901. The van der Waals surface area contributed by atoms with Crippen molar-refractivity contribution in [3.8, 4) is 5.75 Å². The van der Waals surface area contributed by atoms with E-state index in [2.05, 4.69) is 10.3 Å². The maximum absolute atomic E-state index is 13.3. The molecule has 1 aromatic carbocycles. The molecule has 0 saturated carbocycles. The molecule has 2 N–H and O–H groups in total.